The van der Waals surface area contributed by atoms with Crippen molar-refractivity contribution in [3.8, 4) is 0 Å². The normalized spacial score (nSPS) is 10.7. The average Bonchev–Trinajstić information content (AvgIpc) is 2.61. The highest BCUT2D eigenvalue weighted by molar-refractivity contribution is 5.97. The van der Waals surface area contributed by atoms with E-state index in [-0.39, 0.29) is 12.5 Å². The number of aliphatic hydroxyl groups is 1. The van der Waals surface area contributed by atoms with E-state index < -0.39 is 0 Å². The van der Waals surface area contributed by atoms with Gasteiger partial charge >= 0.3 is 0 Å². The van der Waals surface area contributed by atoms with Crippen LogP contribution in [-0.4, -0.2) is 34.0 Å². The zero-order valence-electron chi connectivity index (χ0n) is 12.7. The number of nitrogens with zero attached hydrogens (tertiary/aromatic N) is 2. The van der Waals surface area contributed by atoms with Gasteiger partial charge in [0.15, 0.2) is 0 Å². The molecular formula is C19H18N2O2. The number of carbonyl (C=O) groups excluding carboxylic acids is 1. The molecule has 0 aliphatic carbocycles. The maximum absolute atomic E-state index is 12.8. The molecule has 0 bridgehead atoms. The number of benzene rings is 2. The van der Waals surface area contributed by atoms with E-state index in [4.69, 9.17) is 0 Å². The zero-order valence-corrected chi connectivity index (χ0v) is 12.7. The van der Waals surface area contributed by atoms with Gasteiger partial charge in [0.05, 0.1) is 12.1 Å². The van der Waals surface area contributed by atoms with Gasteiger partial charge in [-0.2, -0.15) is 0 Å². The first kappa shape index (κ1) is 15.2. The van der Waals surface area contributed by atoms with E-state index in [2.05, 4.69) is 4.98 Å². The van der Waals surface area contributed by atoms with Gasteiger partial charge in [-0.1, -0.05) is 36.4 Å². The van der Waals surface area contributed by atoms with Crippen molar-refractivity contribution in [2.75, 3.05) is 13.2 Å². The molecule has 0 saturated heterocycles. The summed E-state index contributed by atoms with van der Waals surface area (Å²) >= 11 is 0. The molecule has 0 saturated carbocycles. The second kappa shape index (κ2) is 7.03. The highest BCUT2D eigenvalue weighted by Crippen LogP contribution is 2.16. The summed E-state index contributed by atoms with van der Waals surface area (Å²) in [5, 5.41) is 10.2. The number of pyridine rings is 1. The van der Waals surface area contributed by atoms with Crippen molar-refractivity contribution in [2.24, 2.45) is 0 Å². The summed E-state index contributed by atoms with van der Waals surface area (Å²) in [4.78, 5) is 18.7. The third-order valence-corrected chi connectivity index (χ3v) is 3.72. The average molecular weight is 306 g/mol. The molecule has 23 heavy (non-hydrogen) atoms. The minimum Gasteiger partial charge on any atom is -0.395 e. The van der Waals surface area contributed by atoms with Crippen LogP contribution in [-0.2, 0) is 6.54 Å². The minimum atomic E-state index is -0.0892. The molecule has 116 valence electrons. The van der Waals surface area contributed by atoms with E-state index in [0.29, 0.717) is 18.7 Å². The highest BCUT2D eigenvalue weighted by atomic mass is 16.3. The Balaban J connectivity index is 1.87. The van der Waals surface area contributed by atoms with Crippen LogP contribution < -0.4 is 0 Å². The van der Waals surface area contributed by atoms with Crippen LogP contribution in [0.5, 0.6) is 0 Å². The lowest BCUT2D eigenvalue weighted by Gasteiger charge is -2.22. The molecule has 0 aliphatic heterocycles. The first-order chi connectivity index (χ1) is 11.3. The van der Waals surface area contributed by atoms with Crippen LogP contribution in [0.1, 0.15) is 15.9 Å². The Morgan fingerprint density at radius 3 is 2.65 bits per heavy atom. The fraction of sp³-hybridized carbons (Fsp3) is 0.158. The van der Waals surface area contributed by atoms with E-state index in [1.54, 1.807) is 17.2 Å². The van der Waals surface area contributed by atoms with E-state index in [0.717, 1.165) is 16.5 Å². The third-order valence-electron chi connectivity index (χ3n) is 3.72. The molecule has 1 amide bonds. The molecule has 4 heteroatoms. The number of hydrogen-bond donors (Lipinski definition) is 1. The maximum atomic E-state index is 12.8. The monoisotopic (exact) mass is 306 g/mol. The van der Waals surface area contributed by atoms with Crippen molar-refractivity contribution < 1.29 is 9.90 Å². The van der Waals surface area contributed by atoms with Crippen LogP contribution in [0.2, 0.25) is 0 Å². The second-order valence-corrected chi connectivity index (χ2v) is 5.35. The lowest BCUT2D eigenvalue weighted by atomic mass is 10.1. The molecule has 3 rings (SSSR count). The summed E-state index contributed by atoms with van der Waals surface area (Å²) in [6, 6.07) is 19.0. The van der Waals surface area contributed by atoms with Gasteiger partial charge in [0.1, 0.15) is 0 Å². The summed E-state index contributed by atoms with van der Waals surface area (Å²) in [5.41, 5.74) is 2.51. The Kier molecular flexibility index (Phi) is 4.64. The number of hydrogen-bond acceptors (Lipinski definition) is 3. The fourth-order valence-electron chi connectivity index (χ4n) is 2.57. The molecule has 3 aromatic rings. The lowest BCUT2D eigenvalue weighted by molar-refractivity contribution is 0.0708. The van der Waals surface area contributed by atoms with Gasteiger partial charge in [-0.05, 0) is 29.8 Å². The second-order valence-electron chi connectivity index (χ2n) is 5.35. The van der Waals surface area contributed by atoms with Crippen molar-refractivity contribution >= 4 is 16.8 Å². The number of fused-ring (bicyclic) bond motifs is 1. The van der Waals surface area contributed by atoms with Crippen molar-refractivity contribution in [3.63, 3.8) is 0 Å². The molecule has 0 aliphatic rings. The topological polar surface area (TPSA) is 53.4 Å². The van der Waals surface area contributed by atoms with Gasteiger partial charge in [0, 0.05) is 30.2 Å². The Hall–Kier alpha value is -2.72. The van der Waals surface area contributed by atoms with Crippen LogP contribution in [0.4, 0.5) is 0 Å². The molecule has 0 fully saturated rings. The fourth-order valence-corrected chi connectivity index (χ4v) is 2.57. The molecule has 4 nitrogen and oxygen atoms in total. The Morgan fingerprint density at radius 1 is 1.04 bits per heavy atom. The molecular weight excluding hydrogens is 288 g/mol. The number of carbonyl (C=O) groups is 1. The van der Waals surface area contributed by atoms with Crippen molar-refractivity contribution in [3.05, 3.63) is 78.0 Å². The summed E-state index contributed by atoms with van der Waals surface area (Å²) in [6.45, 7) is 0.720. The predicted octanol–water partition coefficient (Wildman–Crippen LogP) is 2.87. The van der Waals surface area contributed by atoms with Crippen molar-refractivity contribution in [1.82, 2.24) is 9.88 Å². The summed E-state index contributed by atoms with van der Waals surface area (Å²) < 4.78 is 0. The van der Waals surface area contributed by atoms with E-state index in [1.165, 1.54) is 0 Å². The molecule has 2 aromatic carbocycles. The van der Waals surface area contributed by atoms with Gasteiger partial charge < -0.3 is 10.0 Å². The summed E-state index contributed by atoms with van der Waals surface area (Å²) in [5.74, 6) is -0.0892. The third kappa shape index (κ3) is 3.55. The zero-order chi connectivity index (χ0) is 16.1. The minimum absolute atomic E-state index is 0.0618. The predicted molar refractivity (Wildman–Crippen MR) is 90.0 cm³/mol. The molecule has 1 heterocycles. The van der Waals surface area contributed by atoms with Gasteiger partial charge in [0.2, 0.25) is 0 Å². The highest BCUT2D eigenvalue weighted by Gasteiger charge is 2.16. The first-order valence-corrected chi connectivity index (χ1v) is 7.57. The van der Waals surface area contributed by atoms with Crippen LogP contribution in [0, 0.1) is 0 Å². The number of rotatable bonds is 5. The first-order valence-electron chi connectivity index (χ1n) is 7.57. The van der Waals surface area contributed by atoms with Crippen molar-refractivity contribution in [2.45, 2.75) is 6.54 Å². The molecule has 1 aromatic heterocycles. The van der Waals surface area contributed by atoms with E-state index in [1.807, 2.05) is 54.6 Å². The molecule has 0 radical (unpaired) electrons. The SMILES string of the molecule is O=C(c1ccc2ncccc2c1)N(CCO)Cc1ccccc1. The van der Waals surface area contributed by atoms with Crippen LogP contribution in [0.15, 0.2) is 66.9 Å². The van der Waals surface area contributed by atoms with Gasteiger partial charge in [-0.25, -0.2) is 0 Å². The van der Waals surface area contributed by atoms with Gasteiger partial charge in [-0.3, -0.25) is 9.78 Å². The van der Waals surface area contributed by atoms with Crippen LogP contribution in [0.25, 0.3) is 10.9 Å². The standard InChI is InChI=1S/C19H18N2O2/c22-12-11-21(14-15-5-2-1-3-6-15)19(23)17-8-9-18-16(13-17)7-4-10-20-18/h1-10,13,22H,11-12,14H2. The Bertz CT molecular complexity index is 803. The van der Waals surface area contributed by atoms with Gasteiger partial charge in [-0.15, -0.1) is 0 Å². The Labute approximate surface area is 135 Å². The van der Waals surface area contributed by atoms with E-state index >= 15 is 0 Å². The Morgan fingerprint density at radius 2 is 1.87 bits per heavy atom. The smallest absolute Gasteiger partial charge is 0.254 e. The molecule has 0 spiro atoms. The van der Waals surface area contributed by atoms with Crippen molar-refractivity contribution in [1.29, 1.82) is 0 Å². The number of aliphatic hydroxyl groups excluding tert-OH is 1. The molecule has 0 atom stereocenters. The molecule has 1 N–H and O–H groups in total. The van der Waals surface area contributed by atoms with Gasteiger partial charge in [0.25, 0.3) is 5.91 Å². The lowest BCUT2D eigenvalue weighted by Crippen LogP contribution is -2.33. The summed E-state index contributed by atoms with van der Waals surface area (Å²) in [7, 11) is 0. The molecule has 0 unspecified atom stereocenters. The summed E-state index contributed by atoms with van der Waals surface area (Å²) in [6.07, 6.45) is 1.73. The largest absolute Gasteiger partial charge is 0.395 e. The van der Waals surface area contributed by atoms with Crippen LogP contribution in [0.3, 0.4) is 0 Å². The van der Waals surface area contributed by atoms with Crippen LogP contribution >= 0.6 is 0 Å². The van der Waals surface area contributed by atoms with E-state index in [9.17, 15) is 9.90 Å². The number of aromatic nitrogens is 1. The quantitative estimate of drug-likeness (QED) is 0.788. The number of amides is 1. The maximum Gasteiger partial charge on any atom is 0.254 e.